The molecule has 0 aromatic heterocycles. The van der Waals surface area contributed by atoms with Gasteiger partial charge < -0.3 is 11.1 Å². The highest BCUT2D eigenvalue weighted by molar-refractivity contribution is 6.45. The van der Waals surface area contributed by atoms with Gasteiger partial charge in [-0.1, -0.05) is 12.1 Å². The molecule has 1 aromatic rings. The van der Waals surface area contributed by atoms with Gasteiger partial charge in [-0.3, -0.25) is 10.8 Å². The maximum atomic E-state index is 8.64. The largest absolute Gasteiger partial charge is 0.386 e. The van der Waals surface area contributed by atoms with Crippen molar-refractivity contribution in [2.75, 3.05) is 17.8 Å². The predicted molar refractivity (Wildman–Crippen MR) is 64.6 cm³/mol. The maximum Gasteiger partial charge on any atom is 0.201 e. The molecular weight excluding hydrogens is 204 g/mol. The van der Waals surface area contributed by atoms with Gasteiger partial charge >= 0.3 is 0 Å². The fourth-order valence-corrected chi connectivity index (χ4v) is 1.06. The van der Waals surface area contributed by atoms with E-state index in [-0.39, 0.29) is 11.5 Å². The number of hydrogen-bond donors (Lipinski definition) is 4. The molecule has 6 nitrogen and oxygen atoms in total. The van der Waals surface area contributed by atoms with Gasteiger partial charge in [0, 0.05) is 7.05 Å². The summed E-state index contributed by atoms with van der Waals surface area (Å²) in [5, 5.41) is 22.4. The molecule has 0 fully saturated rings. The van der Waals surface area contributed by atoms with E-state index in [9.17, 15) is 0 Å². The van der Waals surface area contributed by atoms with Crippen molar-refractivity contribution >= 4 is 22.9 Å². The van der Waals surface area contributed by atoms with Gasteiger partial charge in [-0.05, 0) is 12.1 Å². The molecule has 0 atom stereocenters. The zero-order valence-electron chi connectivity index (χ0n) is 8.78. The molecule has 0 radical (unpaired) electrons. The summed E-state index contributed by atoms with van der Waals surface area (Å²) < 4.78 is 0. The number of nitriles is 1. The third kappa shape index (κ3) is 2.72. The molecule has 0 aliphatic carbocycles. The number of para-hydroxylation sites is 2. The van der Waals surface area contributed by atoms with Crippen molar-refractivity contribution in [3.63, 3.8) is 0 Å². The van der Waals surface area contributed by atoms with Crippen LogP contribution in [-0.4, -0.2) is 18.6 Å². The number of nitrogens with zero attached hydrogens (tertiary/aromatic N) is 2. The molecular formula is C10H12N6. The Bertz CT molecular complexity index is 457. The summed E-state index contributed by atoms with van der Waals surface area (Å²) in [7, 11) is 1.78. The lowest BCUT2D eigenvalue weighted by Gasteiger charge is -2.07. The Morgan fingerprint density at radius 3 is 2.56 bits per heavy atom. The molecule has 1 aromatic carbocycles. The first-order valence-corrected chi connectivity index (χ1v) is 4.54. The summed E-state index contributed by atoms with van der Waals surface area (Å²) in [5.41, 5.74) is 9.23. The van der Waals surface area contributed by atoms with Crippen LogP contribution < -0.4 is 16.5 Å². The second-order valence-electron chi connectivity index (χ2n) is 2.89. The molecule has 0 unspecified atom stereocenters. The Kier molecular flexibility index (Phi) is 3.86. The molecule has 82 valence electrons. The van der Waals surface area contributed by atoms with Crippen molar-refractivity contribution < 1.29 is 0 Å². The van der Waals surface area contributed by atoms with E-state index in [0.717, 1.165) is 5.69 Å². The molecule has 0 saturated heterocycles. The van der Waals surface area contributed by atoms with E-state index in [1.165, 1.54) is 0 Å². The van der Waals surface area contributed by atoms with E-state index in [1.807, 2.05) is 18.2 Å². The minimum atomic E-state index is -0.364. The number of hydrazone groups is 1. The van der Waals surface area contributed by atoms with Gasteiger partial charge in [0.1, 0.15) is 6.07 Å². The van der Waals surface area contributed by atoms with E-state index in [2.05, 4.69) is 15.8 Å². The summed E-state index contributed by atoms with van der Waals surface area (Å²) >= 11 is 0. The maximum absolute atomic E-state index is 8.64. The zero-order chi connectivity index (χ0) is 12.0. The first-order chi connectivity index (χ1) is 7.69. The van der Waals surface area contributed by atoms with Crippen molar-refractivity contribution in [1.82, 2.24) is 0 Å². The van der Waals surface area contributed by atoms with E-state index < -0.39 is 0 Å². The highest BCUT2D eigenvalue weighted by Crippen LogP contribution is 2.19. The number of benzene rings is 1. The number of amidine groups is 1. The number of hydrogen-bond acceptors (Lipinski definition) is 5. The Balaban J connectivity index is 2.89. The fraction of sp³-hybridized carbons (Fsp3) is 0.100. The van der Waals surface area contributed by atoms with Gasteiger partial charge in [0.05, 0.1) is 11.4 Å². The predicted octanol–water partition coefficient (Wildman–Crippen LogP) is 0.956. The molecule has 6 heteroatoms. The summed E-state index contributed by atoms with van der Waals surface area (Å²) in [4.78, 5) is 0. The Hall–Kier alpha value is -2.55. The topological polar surface area (TPSA) is 110 Å². The lowest BCUT2D eigenvalue weighted by Crippen LogP contribution is -2.21. The Morgan fingerprint density at radius 2 is 2.06 bits per heavy atom. The van der Waals surface area contributed by atoms with Gasteiger partial charge in [0.15, 0.2) is 5.84 Å². The second-order valence-corrected chi connectivity index (χ2v) is 2.89. The van der Waals surface area contributed by atoms with Crippen molar-refractivity contribution in [3.05, 3.63) is 24.3 Å². The van der Waals surface area contributed by atoms with Crippen LogP contribution in [0.25, 0.3) is 0 Å². The molecule has 0 spiro atoms. The van der Waals surface area contributed by atoms with Crippen molar-refractivity contribution in [1.29, 1.82) is 10.7 Å². The minimum absolute atomic E-state index is 0.147. The van der Waals surface area contributed by atoms with E-state index in [0.29, 0.717) is 5.69 Å². The Labute approximate surface area is 93.3 Å². The van der Waals surface area contributed by atoms with Crippen LogP contribution in [0.2, 0.25) is 0 Å². The Morgan fingerprint density at radius 1 is 1.44 bits per heavy atom. The number of rotatable bonds is 4. The number of nitrogens with two attached hydrogens (primary N) is 1. The van der Waals surface area contributed by atoms with Crippen molar-refractivity contribution in [3.8, 4) is 6.07 Å². The molecule has 0 amide bonds. The van der Waals surface area contributed by atoms with Crippen LogP contribution in [0.15, 0.2) is 29.4 Å². The summed E-state index contributed by atoms with van der Waals surface area (Å²) in [5.74, 6) is -0.364. The van der Waals surface area contributed by atoms with E-state index in [1.54, 1.807) is 19.2 Å². The van der Waals surface area contributed by atoms with Crippen LogP contribution in [0.4, 0.5) is 11.4 Å². The first-order valence-electron chi connectivity index (χ1n) is 4.54. The number of nitrogens with one attached hydrogen (secondary N) is 3. The molecule has 1 rings (SSSR count). The first kappa shape index (κ1) is 11.5. The third-order valence-electron chi connectivity index (χ3n) is 1.85. The smallest absolute Gasteiger partial charge is 0.201 e. The van der Waals surface area contributed by atoms with Crippen LogP contribution in [-0.2, 0) is 0 Å². The molecule has 0 heterocycles. The standard InChI is InChI=1S/C10H12N6/c1-14-7-4-2-3-5-8(7)15-16-9(6-11)10(12)13/h2-5,14-15H,1H3,(H3,12,13)/b16-9+. The summed E-state index contributed by atoms with van der Waals surface area (Å²) in [6.45, 7) is 0. The average Bonchev–Trinajstić information content (AvgIpc) is 2.30. The highest BCUT2D eigenvalue weighted by Gasteiger charge is 2.02. The average molecular weight is 216 g/mol. The molecule has 0 aliphatic rings. The van der Waals surface area contributed by atoms with E-state index >= 15 is 0 Å². The lowest BCUT2D eigenvalue weighted by atomic mass is 10.3. The van der Waals surface area contributed by atoms with Crippen LogP contribution in [0, 0.1) is 16.7 Å². The van der Waals surface area contributed by atoms with Crippen molar-refractivity contribution in [2.24, 2.45) is 10.8 Å². The van der Waals surface area contributed by atoms with Crippen molar-refractivity contribution in [2.45, 2.75) is 0 Å². The molecule has 16 heavy (non-hydrogen) atoms. The fourth-order valence-electron chi connectivity index (χ4n) is 1.06. The van der Waals surface area contributed by atoms with Gasteiger partial charge in [0.25, 0.3) is 0 Å². The third-order valence-corrected chi connectivity index (χ3v) is 1.85. The van der Waals surface area contributed by atoms with Crippen LogP contribution in [0.3, 0.4) is 0 Å². The zero-order valence-corrected chi connectivity index (χ0v) is 8.78. The van der Waals surface area contributed by atoms with Gasteiger partial charge in [-0.15, -0.1) is 0 Å². The molecule has 5 N–H and O–H groups in total. The van der Waals surface area contributed by atoms with Crippen LogP contribution in [0.5, 0.6) is 0 Å². The molecule has 0 bridgehead atoms. The van der Waals surface area contributed by atoms with E-state index in [4.69, 9.17) is 16.4 Å². The van der Waals surface area contributed by atoms with Gasteiger partial charge in [-0.25, -0.2) is 0 Å². The summed E-state index contributed by atoms with van der Waals surface area (Å²) in [6.07, 6.45) is 0. The quantitative estimate of drug-likeness (QED) is 0.341. The number of anilines is 2. The molecule has 0 saturated carbocycles. The lowest BCUT2D eigenvalue weighted by molar-refractivity contribution is 1.32. The SMILES string of the molecule is CNc1ccccc1N/N=C(\C#N)C(=N)N. The van der Waals surface area contributed by atoms with Gasteiger partial charge in [-0.2, -0.15) is 10.4 Å². The summed E-state index contributed by atoms with van der Waals surface area (Å²) in [6, 6.07) is 9.09. The minimum Gasteiger partial charge on any atom is -0.386 e. The normalized spacial score (nSPS) is 10.4. The second kappa shape index (κ2) is 5.36. The highest BCUT2D eigenvalue weighted by atomic mass is 15.3. The molecule has 0 aliphatic heterocycles. The van der Waals surface area contributed by atoms with Crippen LogP contribution >= 0.6 is 0 Å². The van der Waals surface area contributed by atoms with Crippen LogP contribution in [0.1, 0.15) is 0 Å². The monoisotopic (exact) mass is 216 g/mol. The van der Waals surface area contributed by atoms with Gasteiger partial charge in [0.2, 0.25) is 5.71 Å².